The summed E-state index contributed by atoms with van der Waals surface area (Å²) in [7, 11) is 0. The first kappa shape index (κ1) is 21.9. The molecule has 6 nitrogen and oxygen atoms in total. The van der Waals surface area contributed by atoms with Crippen LogP contribution in [0.15, 0.2) is 65.7 Å². The van der Waals surface area contributed by atoms with E-state index in [0.717, 1.165) is 55.7 Å². The molecule has 172 valence electrons. The Bertz CT molecular complexity index is 1420. The predicted molar refractivity (Wildman–Crippen MR) is 134 cm³/mol. The van der Waals surface area contributed by atoms with Crippen molar-refractivity contribution < 1.29 is 4.39 Å². The molecule has 0 radical (unpaired) electrons. The zero-order valence-corrected chi connectivity index (χ0v) is 19.1. The Kier molecular flexibility index (Phi) is 5.91. The lowest BCUT2D eigenvalue weighted by atomic mass is 10.1. The van der Waals surface area contributed by atoms with Crippen LogP contribution in [0.1, 0.15) is 11.1 Å². The number of aromatic amines is 1. The minimum Gasteiger partial charge on any atom is -0.369 e. The number of aryl methyl sites for hydroxylation is 1. The van der Waals surface area contributed by atoms with Crippen LogP contribution in [0.5, 0.6) is 0 Å². The molecule has 34 heavy (non-hydrogen) atoms. The zero-order chi connectivity index (χ0) is 23.7. The van der Waals surface area contributed by atoms with Gasteiger partial charge in [-0.1, -0.05) is 6.07 Å². The predicted octanol–water partition coefficient (Wildman–Crippen LogP) is 4.68. The van der Waals surface area contributed by atoms with Crippen LogP contribution in [0.3, 0.4) is 0 Å². The quantitative estimate of drug-likeness (QED) is 0.445. The number of anilines is 1. The van der Waals surface area contributed by atoms with Crippen molar-refractivity contribution in [2.75, 3.05) is 37.6 Å². The first-order valence-corrected chi connectivity index (χ1v) is 11.5. The van der Waals surface area contributed by atoms with E-state index in [-0.39, 0.29) is 0 Å². The summed E-state index contributed by atoms with van der Waals surface area (Å²) in [6.07, 6.45) is 4.66. The van der Waals surface area contributed by atoms with Gasteiger partial charge in [-0.15, -0.1) is 0 Å². The molecule has 5 rings (SSSR count). The van der Waals surface area contributed by atoms with Crippen LogP contribution in [0.25, 0.3) is 21.4 Å². The van der Waals surface area contributed by atoms with Gasteiger partial charge in [0.15, 0.2) is 11.5 Å². The number of fused-ring (bicyclic) bond motifs is 1. The molecule has 1 saturated heterocycles. The second kappa shape index (κ2) is 9.16. The molecule has 0 atom stereocenters. The highest BCUT2D eigenvalue weighted by molar-refractivity contribution is 5.86. The fourth-order valence-electron chi connectivity index (χ4n) is 4.64. The molecule has 0 saturated carbocycles. The summed E-state index contributed by atoms with van der Waals surface area (Å²) in [5.41, 5.74) is 4.84. The van der Waals surface area contributed by atoms with E-state index in [1.807, 2.05) is 42.5 Å². The molecule has 1 aliphatic rings. The number of nitrogens with one attached hydrogen (secondary N) is 1. The molecule has 1 aliphatic heterocycles. The Hall–Kier alpha value is -3.89. The van der Waals surface area contributed by atoms with E-state index < -0.39 is 11.4 Å². The van der Waals surface area contributed by atoms with Crippen LogP contribution in [-0.4, -0.2) is 47.2 Å². The summed E-state index contributed by atoms with van der Waals surface area (Å²) in [4.78, 5) is 23.8. The summed E-state index contributed by atoms with van der Waals surface area (Å²) in [5.74, 6) is -0.736. The third-order valence-corrected chi connectivity index (χ3v) is 6.55. The monoisotopic (exact) mass is 455 g/mol. The maximum absolute atomic E-state index is 13.8. The first-order valence-electron chi connectivity index (χ1n) is 11.5. The fourth-order valence-corrected chi connectivity index (χ4v) is 4.64. The summed E-state index contributed by atoms with van der Waals surface area (Å²) < 4.78 is 15.2. The number of rotatable bonds is 5. The Balaban J connectivity index is 1.20. The Labute approximate surface area is 197 Å². The molecule has 0 bridgehead atoms. The Morgan fingerprint density at radius 1 is 1.03 bits per heavy atom. The Morgan fingerprint density at radius 3 is 2.50 bits per heavy atom. The van der Waals surface area contributed by atoms with Crippen molar-refractivity contribution in [2.45, 2.75) is 13.3 Å². The molecule has 0 spiro atoms. The number of aromatic nitrogens is 2. The van der Waals surface area contributed by atoms with Crippen molar-refractivity contribution >= 4 is 22.3 Å². The molecular weight excluding hydrogens is 429 g/mol. The lowest BCUT2D eigenvalue weighted by molar-refractivity contribution is 0.261. The topological polar surface area (TPSA) is 48.6 Å². The molecule has 3 heterocycles. The van der Waals surface area contributed by atoms with Crippen LogP contribution < -0.4 is 10.5 Å². The van der Waals surface area contributed by atoms with Crippen LogP contribution in [0.4, 0.5) is 15.8 Å². The zero-order valence-electron chi connectivity index (χ0n) is 19.1. The highest BCUT2D eigenvalue weighted by atomic mass is 19.1. The molecule has 4 aromatic rings. The van der Waals surface area contributed by atoms with Crippen molar-refractivity contribution in [1.29, 1.82) is 0 Å². The maximum Gasteiger partial charge on any atom is 0.291 e. The average molecular weight is 456 g/mol. The third-order valence-electron chi connectivity index (χ3n) is 6.55. The van der Waals surface area contributed by atoms with Gasteiger partial charge in [-0.25, -0.2) is 9.24 Å². The van der Waals surface area contributed by atoms with Crippen LogP contribution in [0.2, 0.25) is 0 Å². The van der Waals surface area contributed by atoms with Crippen molar-refractivity contribution in [3.63, 3.8) is 0 Å². The van der Waals surface area contributed by atoms with E-state index in [0.29, 0.717) is 16.9 Å². The van der Waals surface area contributed by atoms with Crippen molar-refractivity contribution in [1.82, 2.24) is 14.5 Å². The van der Waals surface area contributed by atoms with Gasteiger partial charge < -0.3 is 9.88 Å². The van der Waals surface area contributed by atoms with Gasteiger partial charge in [-0.3, -0.25) is 14.3 Å². The van der Waals surface area contributed by atoms with Crippen molar-refractivity contribution in [3.8, 4) is 5.69 Å². The average Bonchev–Trinajstić information content (AvgIpc) is 3.27. The number of nitrogens with zero attached hydrogens (tertiary/aromatic N) is 4. The van der Waals surface area contributed by atoms with Crippen LogP contribution in [-0.2, 0) is 6.42 Å². The van der Waals surface area contributed by atoms with Crippen LogP contribution in [0, 0.1) is 19.3 Å². The molecule has 1 N–H and O–H groups in total. The molecule has 0 unspecified atom stereocenters. The van der Waals surface area contributed by atoms with Gasteiger partial charge in [0, 0.05) is 62.0 Å². The summed E-state index contributed by atoms with van der Waals surface area (Å²) in [6, 6.07) is 14.8. The van der Waals surface area contributed by atoms with Gasteiger partial charge in [0.1, 0.15) is 0 Å². The number of hydrogen-bond acceptors (Lipinski definition) is 3. The van der Waals surface area contributed by atoms with Gasteiger partial charge in [0.05, 0.1) is 6.57 Å². The van der Waals surface area contributed by atoms with Crippen LogP contribution >= 0.6 is 0 Å². The molecule has 7 heteroatoms. The number of H-pyrrole nitrogens is 1. The first-order chi connectivity index (χ1) is 16.5. The van der Waals surface area contributed by atoms with Crippen molar-refractivity contribution in [3.05, 3.63) is 99.6 Å². The number of hydrogen-bond donors (Lipinski definition) is 1. The summed E-state index contributed by atoms with van der Waals surface area (Å²) in [6.45, 7) is 13.8. The highest BCUT2D eigenvalue weighted by Gasteiger charge is 2.18. The second-order valence-corrected chi connectivity index (χ2v) is 8.79. The molecule has 0 aliphatic carbocycles. The molecule has 2 aromatic carbocycles. The van der Waals surface area contributed by atoms with E-state index >= 15 is 0 Å². The lowest BCUT2D eigenvalue weighted by Gasteiger charge is -2.36. The number of piperazine rings is 1. The lowest BCUT2D eigenvalue weighted by Crippen LogP contribution is -2.47. The minimum absolute atomic E-state index is 0.632. The van der Waals surface area contributed by atoms with E-state index in [2.05, 4.69) is 25.8 Å². The standard InChI is InChI=1S/C27H26FN5O/c1-19-15-25(28)27(34)33(18-19)23-6-4-22(5-7-23)32-13-11-31(12-14-32)10-9-20-17-30-26-8-3-21(29-2)16-24(20)26/h3-8,15-18,30H,9-14H2,1H3. The maximum atomic E-state index is 13.8. The highest BCUT2D eigenvalue weighted by Crippen LogP contribution is 2.25. The van der Waals surface area contributed by atoms with Gasteiger partial charge >= 0.3 is 0 Å². The SMILES string of the molecule is [C-]#[N+]c1ccc2[nH]cc(CCN3CCN(c4ccc(-n5cc(C)cc(F)c5=O)cc4)CC3)c2c1. The largest absolute Gasteiger partial charge is 0.369 e. The molecular formula is C27H26FN5O. The van der Waals surface area contributed by atoms with E-state index in [1.165, 1.54) is 16.2 Å². The van der Waals surface area contributed by atoms with Crippen molar-refractivity contribution in [2.24, 2.45) is 0 Å². The molecule has 0 amide bonds. The summed E-state index contributed by atoms with van der Waals surface area (Å²) >= 11 is 0. The van der Waals surface area contributed by atoms with Gasteiger partial charge in [0.25, 0.3) is 5.56 Å². The smallest absolute Gasteiger partial charge is 0.291 e. The van der Waals surface area contributed by atoms with E-state index in [1.54, 1.807) is 13.1 Å². The fraction of sp³-hybridized carbons (Fsp3) is 0.259. The normalized spacial score (nSPS) is 14.4. The Morgan fingerprint density at radius 2 is 1.76 bits per heavy atom. The number of halogens is 1. The second-order valence-electron chi connectivity index (χ2n) is 8.79. The van der Waals surface area contributed by atoms with E-state index in [9.17, 15) is 9.18 Å². The minimum atomic E-state index is -0.736. The third kappa shape index (κ3) is 4.33. The van der Waals surface area contributed by atoms with Gasteiger partial charge in [-0.05, 0) is 72.3 Å². The van der Waals surface area contributed by atoms with Gasteiger partial charge in [-0.2, -0.15) is 0 Å². The van der Waals surface area contributed by atoms with E-state index in [4.69, 9.17) is 6.57 Å². The number of benzene rings is 2. The van der Waals surface area contributed by atoms with Gasteiger partial charge in [0.2, 0.25) is 0 Å². The summed E-state index contributed by atoms with van der Waals surface area (Å²) in [5, 5.41) is 1.14. The molecule has 1 fully saturated rings. The molecule has 2 aromatic heterocycles. The number of pyridine rings is 1.